The van der Waals surface area contributed by atoms with Crippen molar-refractivity contribution in [1.29, 1.82) is 0 Å². The monoisotopic (exact) mass is 490 g/mol. The molecule has 0 saturated heterocycles. The minimum atomic E-state index is -1.12. The number of nitrogens with one attached hydrogen (secondary N) is 1. The second-order valence-electron chi connectivity index (χ2n) is 9.99. The van der Waals surface area contributed by atoms with Gasteiger partial charge in [-0.2, -0.15) is 0 Å². The van der Waals surface area contributed by atoms with E-state index >= 15 is 0 Å². The van der Waals surface area contributed by atoms with Crippen LogP contribution in [0.4, 0.5) is 0 Å². The summed E-state index contributed by atoms with van der Waals surface area (Å²) in [5.41, 5.74) is 1.25. The van der Waals surface area contributed by atoms with E-state index in [-0.39, 0.29) is 24.4 Å². The van der Waals surface area contributed by atoms with Crippen molar-refractivity contribution >= 4 is 22.8 Å². The fraction of sp³-hybridized carbons (Fsp3) is 0.464. The molecular formula is C28H34N4O4. The summed E-state index contributed by atoms with van der Waals surface area (Å²) in [5.74, 6) is 1.07. The third-order valence-corrected chi connectivity index (χ3v) is 7.65. The first-order chi connectivity index (χ1) is 17.5. The van der Waals surface area contributed by atoms with Crippen LogP contribution in [0.25, 0.3) is 11.0 Å². The normalized spacial score (nSPS) is 20.6. The van der Waals surface area contributed by atoms with Crippen LogP contribution in [0.2, 0.25) is 0 Å². The largest absolute Gasteiger partial charge is 0.493 e. The highest BCUT2D eigenvalue weighted by atomic mass is 16.5. The number of benzene rings is 2. The molecule has 8 heteroatoms. The number of carbonyl (C=O) groups excluding carboxylic acids is 2. The van der Waals surface area contributed by atoms with Crippen molar-refractivity contribution in [3.8, 4) is 11.5 Å². The van der Waals surface area contributed by atoms with Crippen molar-refractivity contribution in [2.75, 3.05) is 14.2 Å². The van der Waals surface area contributed by atoms with Gasteiger partial charge >= 0.3 is 0 Å². The van der Waals surface area contributed by atoms with E-state index in [1.165, 1.54) is 12.8 Å². The van der Waals surface area contributed by atoms with Gasteiger partial charge < -0.3 is 24.3 Å². The third-order valence-electron chi connectivity index (χ3n) is 7.65. The Labute approximate surface area is 211 Å². The summed E-state index contributed by atoms with van der Waals surface area (Å²) in [5, 5.41) is 3.31. The molecule has 1 aliphatic carbocycles. The standard InChI is InChI=1S/C28H34N4O4/c1-28(27(34)29-20-12-6-4-5-7-13-20)18-31-22-15-9-8-14-21(22)30-25(31)26(33)32(28)17-19-11-10-16-23(35-2)24(19)36-3/h8-11,14-16,20H,4-7,12-13,17-18H2,1-3H3,(H,29,34)/t28-/m1/s1. The molecule has 1 atom stereocenters. The Balaban J connectivity index is 1.56. The van der Waals surface area contributed by atoms with E-state index in [4.69, 9.17) is 9.47 Å². The van der Waals surface area contributed by atoms with Crippen LogP contribution in [0.1, 0.15) is 61.6 Å². The number of rotatable bonds is 6. The number of imidazole rings is 1. The van der Waals surface area contributed by atoms with E-state index in [1.807, 2.05) is 54.0 Å². The average Bonchev–Trinajstić information content (AvgIpc) is 3.06. The van der Waals surface area contributed by atoms with Crippen molar-refractivity contribution in [1.82, 2.24) is 19.8 Å². The maximum absolute atomic E-state index is 14.0. The van der Waals surface area contributed by atoms with Crippen molar-refractivity contribution in [3.63, 3.8) is 0 Å². The lowest BCUT2D eigenvalue weighted by molar-refractivity contribution is -0.134. The van der Waals surface area contributed by atoms with Gasteiger partial charge in [0, 0.05) is 11.6 Å². The Hall–Kier alpha value is -3.55. The first kappa shape index (κ1) is 24.2. The van der Waals surface area contributed by atoms with Crippen LogP contribution in [-0.4, -0.2) is 52.1 Å². The zero-order valence-electron chi connectivity index (χ0n) is 21.3. The zero-order chi connectivity index (χ0) is 25.3. The minimum absolute atomic E-state index is 0.126. The molecule has 2 aromatic carbocycles. The van der Waals surface area contributed by atoms with Crippen LogP contribution in [-0.2, 0) is 17.9 Å². The van der Waals surface area contributed by atoms with E-state index < -0.39 is 5.54 Å². The van der Waals surface area contributed by atoms with Crippen LogP contribution in [0.5, 0.6) is 11.5 Å². The molecule has 2 heterocycles. The number of amides is 2. The molecule has 190 valence electrons. The minimum Gasteiger partial charge on any atom is -0.493 e. The number of methoxy groups -OCH3 is 2. The summed E-state index contributed by atoms with van der Waals surface area (Å²) >= 11 is 0. The van der Waals surface area contributed by atoms with Crippen molar-refractivity contribution in [3.05, 3.63) is 53.9 Å². The van der Waals surface area contributed by atoms with Gasteiger partial charge in [0.1, 0.15) is 5.54 Å². The predicted molar refractivity (Wildman–Crippen MR) is 137 cm³/mol. The number of carbonyl (C=O) groups is 2. The van der Waals surface area contributed by atoms with Gasteiger partial charge in [0.15, 0.2) is 17.3 Å². The molecule has 0 spiro atoms. The maximum Gasteiger partial charge on any atom is 0.291 e. The molecule has 0 bridgehead atoms. The Morgan fingerprint density at radius 1 is 1.06 bits per heavy atom. The highest BCUT2D eigenvalue weighted by Gasteiger charge is 2.49. The Morgan fingerprint density at radius 2 is 1.81 bits per heavy atom. The number of nitrogens with zero attached hydrogens (tertiary/aromatic N) is 3. The van der Waals surface area contributed by atoms with Crippen LogP contribution >= 0.6 is 0 Å². The van der Waals surface area contributed by atoms with Gasteiger partial charge in [0.2, 0.25) is 5.91 Å². The summed E-state index contributed by atoms with van der Waals surface area (Å²) in [4.78, 5) is 34.3. The van der Waals surface area contributed by atoms with Crippen LogP contribution in [0.15, 0.2) is 42.5 Å². The Kier molecular flexibility index (Phi) is 6.60. The Bertz CT molecular complexity index is 1280. The van der Waals surface area contributed by atoms with Crippen molar-refractivity contribution in [2.24, 2.45) is 0 Å². The van der Waals surface area contributed by atoms with Gasteiger partial charge in [0.05, 0.1) is 38.3 Å². The second kappa shape index (κ2) is 9.84. The summed E-state index contributed by atoms with van der Waals surface area (Å²) in [6.45, 7) is 2.37. The van der Waals surface area contributed by atoms with Gasteiger partial charge in [-0.15, -0.1) is 0 Å². The molecule has 1 N–H and O–H groups in total. The van der Waals surface area contributed by atoms with Gasteiger partial charge in [-0.05, 0) is 38.0 Å². The summed E-state index contributed by atoms with van der Waals surface area (Å²) in [6.07, 6.45) is 6.57. The molecule has 8 nitrogen and oxygen atoms in total. The topological polar surface area (TPSA) is 85.7 Å². The van der Waals surface area contributed by atoms with Crippen molar-refractivity contribution in [2.45, 2.75) is 70.1 Å². The first-order valence-corrected chi connectivity index (χ1v) is 12.7. The molecular weight excluding hydrogens is 456 g/mol. The Morgan fingerprint density at radius 3 is 2.53 bits per heavy atom. The zero-order valence-corrected chi connectivity index (χ0v) is 21.3. The van der Waals surface area contributed by atoms with E-state index in [1.54, 1.807) is 19.1 Å². The van der Waals surface area contributed by atoms with E-state index in [0.717, 1.165) is 42.3 Å². The number of ether oxygens (including phenoxy) is 2. The molecule has 3 aromatic rings. The molecule has 0 radical (unpaired) electrons. The maximum atomic E-state index is 14.0. The fourth-order valence-electron chi connectivity index (χ4n) is 5.59. The van der Waals surface area contributed by atoms with Gasteiger partial charge in [0.25, 0.3) is 5.91 Å². The lowest BCUT2D eigenvalue weighted by atomic mass is 9.93. The van der Waals surface area contributed by atoms with E-state index in [2.05, 4.69) is 10.3 Å². The number of aromatic nitrogens is 2. The molecule has 1 fully saturated rings. The molecule has 2 aliphatic rings. The van der Waals surface area contributed by atoms with Gasteiger partial charge in [-0.1, -0.05) is 49.9 Å². The van der Waals surface area contributed by atoms with Crippen LogP contribution in [0.3, 0.4) is 0 Å². The van der Waals surface area contributed by atoms with Crippen molar-refractivity contribution < 1.29 is 19.1 Å². The summed E-state index contributed by atoms with van der Waals surface area (Å²) in [7, 11) is 3.16. The number of hydrogen-bond acceptors (Lipinski definition) is 5. The fourth-order valence-corrected chi connectivity index (χ4v) is 5.59. The summed E-state index contributed by atoms with van der Waals surface area (Å²) in [6, 6.07) is 13.4. The quantitative estimate of drug-likeness (QED) is 0.521. The van der Waals surface area contributed by atoms with Gasteiger partial charge in [-0.3, -0.25) is 9.59 Å². The first-order valence-electron chi connectivity index (χ1n) is 12.7. The highest BCUT2D eigenvalue weighted by molar-refractivity contribution is 6.01. The second-order valence-corrected chi connectivity index (χ2v) is 9.99. The average molecular weight is 491 g/mol. The lowest BCUT2D eigenvalue weighted by Gasteiger charge is -2.44. The molecule has 36 heavy (non-hydrogen) atoms. The molecule has 2 amide bonds. The number of para-hydroxylation sites is 3. The van der Waals surface area contributed by atoms with Crippen LogP contribution < -0.4 is 14.8 Å². The van der Waals surface area contributed by atoms with Crippen LogP contribution in [0, 0.1) is 0 Å². The van der Waals surface area contributed by atoms with E-state index in [0.29, 0.717) is 23.9 Å². The molecule has 1 aromatic heterocycles. The smallest absolute Gasteiger partial charge is 0.291 e. The summed E-state index contributed by atoms with van der Waals surface area (Å²) < 4.78 is 13.0. The molecule has 1 aliphatic heterocycles. The van der Waals surface area contributed by atoms with E-state index in [9.17, 15) is 9.59 Å². The van der Waals surface area contributed by atoms with Gasteiger partial charge in [-0.25, -0.2) is 4.98 Å². The highest BCUT2D eigenvalue weighted by Crippen LogP contribution is 2.36. The molecule has 5 rings (SSSR count). The lowest BCUT2D eigenvalue weighted by Crippen LogP contribution is -2.64. The third kappa shape index (κ3) is 4.18. The molecule has 0 unspecified atom stereocenters. The molecule has 1 saturated carbocycles. The SMILES string of the molecule is COc1cccc(CN2C(=O)c3nc4ccccc4n3C[C@]2(C)C(=O)NC2CCCCCC2)c1OC. The predicted octanol–water partition coefficient (Wildman–Crippen LogP) is 4.31. The number of hydrogen-bond donors (Lipinski definition) is 1. The number of fused-ring (bicyclic) bond motifs is 3.